The van der Waals surface area contributed by atoms with Gasteiger partial charge in [0.2, 0.25) is 0 Å². The van der Waals surface area contributed by atoms with Crippen molar-refractivity contribution in [1.29, 1.82) is 0 Å². The molecule has 2 aliphatic rings. The smallest absolute Gasteiger partial charge is 0.0774 e. The number of hydrogen-bond acceptors (Lipinski definition) is 4. The van der Waals surface area contributed by atoms with Gasteiger partial charge in [-0.2, -0.15) is 0 Å². The second kappa shape index (κ2) is 6.14. The van der Waals surface area contributed by atoms with E-state index in [2.05, 4.69) is 9.80 Å². The summed E-state index contributed by atoms with van der Waals surface area (Å²) in [5, 5.41) is 19.4. The Morgan fingerprint density at radius 3 is 2.24 bits per heavy atom. The zero-order chi connectivity index (χ0) is 12.1. The Morgan fingerprint density at radius 2 is 1.53 bits per heavy atom. The first kappa shape index (κ1) is 13.3. The van der Waals surface area contributed by atoms with Crippen LogP contribution in [-0.2, 0) is 0 Å². The fourth-order valence-corrected chi connectivity index (χ4v) is 3.15. The molecule has 1 aliphatic carbocycles. The van der Waals surface area contributed by atoms with Crippen LogP contribution in [0.3, 0.4) is 0 Å². The number of β-amino-alcohol motifs (C(OH)–C–C–N with tert-alkyl or cyclic N) is 2. The molecule has 0 amide bonds. The van der Waals surface area contributed by atoms with Gasteiger partial charge in [-0.1, -0.05) is 12.8 Å². The van der Waals surface area contributed by atoms with Crippen LogP contribution in [0.1, 0.15) is 32.1 Å². The normalized spacial score (nSPS) is 27.2. The molecule has 0 spiro atoms. The summed E-state index contributed by atoms with van der Waals surface area (Å²) in [6.45, 7) is 6.11. The van der Waals surface area contributed by atoms with E-state index in [1.165, 1.54) is 12.8 Å². The van der Waals surface area contributed by atoms with Crippen molar-refractivity contribution in [3.8, 4) is 0 Å². The molecule has 4 heteroatoms. The van der Waals surface area contributed by atoms with Crippen molar-refractivity contribution < 1.29 is 10.2 Å². The molecule has 1 heterocycles. The van der Waals surface area contributed by atoms with Crippen LogP contribution < -0.4 is 0 Å². The lowest BCUT2D eigenvalue weighted by Crippen LogP contribution is -2.42. The van der Waals surface area contributed by atoms with Crippen LogP contribution in [-0.4, -0.2) is 71.5 Å². The quantitative estimate of drug-likeness (QED) is 0.744. The fourth-order valence-electron chi connectivity index (χ4n) is 3.15. The van der Waals surface area contributed by atoms with Gasteiger partial charge in [-0.15, -0.1) is 0 Å². The maximum absolute atomic E-state index is 10.4. The van der Waals surface area contributed by atoms with Gasteiger partial charge in [0.1, 0.15) is 0 Å². The summed E-state index contributed by atoms with van der Waals surface area (Å²) in [4.78, 5) is 4.72. The molecule has 17 heavy (non-hydrogen) atoms. The molecule has 0 radical (unpaired) electrons. The first-order valence-corrected chi connectivity index (χ1v) is 7.00. The van der Waals surface area contributed by atoms with Crippen LogP contribution in [0.5, 0.6) is 0 Å². The summed E-state index contributed by atoms with van der Waals surface area (Å²) >= 11 is 0. The lowest BCUT2D eigenvalue weighted by Gasteiger charge is -2.30. The van der Waals surface area contributed by atoms with Gasteiger partial charge >= 0.3 is 0 Å². The van der Waals surface area contributed by atoms with Crippen molar-refractivity contribution in [2.75, 3.05) is 45.9 Å². The summed E-state index contributed by atoms with van der Waals surface area (Å²) in [6, 6.07) is 0. The second-order valence-electron chi connectivity index (χ2n) is 5.63. The highest BCUT2D eigenvalue weighted by molar-refractivity contribution is 4.88. The average Bonchev–Trinajstić information content (AvgIpc) is 2.60. The molecule has 1 aliphatic heterocycles. The molecule has 2 N–H and O–H groups in total. The monoisotopic (exact) mass is 242 g/mol. The largest absolute Gasteiger partial charge is 0.395 e. The molecule has 0 bridgehead atoms. The van der Waals surface area contributed by atoms with Crippen molar-refractivity contribution in [3.63, 3.8) is 0 Å². The Balaban J connectivity index is 1.78. The minimum absolute atomic E-state index is 0.254. The van der Waals surface area contributed by atoms with Gasteiger partial charge < -0.3 is 10.2 Å². The molecular formula is C13H26N2O2. The van der Waals surface area contributed by atoms with E-state index in [0.29, 0.717) is 0 Å². The van der Waals surface area contributed by atoms with Gasteiger partial charge in [0.25, 0.3) is 0 Å². The zero-order valence-corrected chi connectivity index (χ0v) is 10.8. The van der Waals surface area contributed by atoms with Crippen molar-refractivity contribution in [2.24, 2.45) is 0 Å². The van der Waals surface area contributed by atoms with Crippen molar-refractivity contribution >= 4 is 0 Å². The van der Waals surface area contributed by atoms with E-state index in [1.807, 2.05) is 0 Å². The van der Waals surface area contributed by atoms with Gasteiger partial charge in [0, 0.05) is 26.2 Å². The van der Waals surface area contributed by atoms with Crippen molar-refractivity contribution in [3.05, 3.63) is 0 Å². The van der Waals surface area contributed by atoms with Gasteiger partial charge in [-0.3, -0.25) is 9.80 Å². The lowest BCUT2D eigenvalue weighted by molar-refractivity contribution is 0.0104. The molecule has 4 nitrogen and oxygen atoms in total. The fraction of sp³-hybridized carbons (Fsp3) is 1.00. The summed E-state index contributed by atoms with van der Waals surface area (Å²) < 4.78 is 0. The Hall–Kier alpha value is -0.160. The van der Waals surface area contributed by atoms with Crippen LogP contribution in [0.2, 0.25) is 0 Å². The predicted octanol–water partition coefficient (Wildman–Crippen LogP) is 0.291. The summed E-state index contributed by atoms with van der Waals surface area (Å²) in [5.74, 6) is 0. The molecular weight excluding hydrogens is 216 g/mol. The standard InChI is InChI=1S/C13H26N2O2/c16-11-10-14-6-3-7-15(9-8-14)12-13(17)4-1-2-5-13/h16-17H,1-12H2. The molecule has 1 saturated carbocycles. The Morgan fingerprint density at radius 1 is 0.882 bits per heavy atom. The molecule has 0 aromatic carbocycles. The molecule has 0 atom stereocenters. The van der Waals surface area contributed by atoms with E-state index in [1.54, 1.807) is 0 Å². The summed E-state index contributed by atoms with van der Waals surface area (Å²) in [7, 11) is 0. The van der Waals surface area contributed by atoms with E-state index in [0.717, 1.165) is 58.5 Å². The highest BCUT2D eigenvalue weighted by Crippen LogP contribution is 2.30. The van der Waals surface area contributed by atoms with Crippen LogP contribution in [0.4, 0.5) is 0 Å². The molecule has 1 saturated heterocycles. The van der Waals surface area contributed by atoms with E-state index < -0.39 is 5.60 Å². The van der Waals surface area contributed by atoms with Crippen LogP contribution in [0.25, 0.3) is 0 Å². The Bertz CT molecular complexity index is 229. The zero-order valence-electron chi connectivity index (χ0n) is 10.8. The minimum atomic E-state index is -0.411. The first-order valence-electron chi connectivity index (χ1n) is 7.00. The summed E-state index contributed by atoms with van der Waals surface area (Å²) in [6.07, 6.45) is 5.46. The van der Waals surface area contributed by atoms with Gasteiger partial charge in [0.15, 0.2) is 0 Å². The molecule has 100 valence electrons. The maximum Gasteiger partial charge on any atom is 0.0774 e. The molecule has 0 aromatic heterocycles. The highest BCUT2D eigenvalue weighted by Gasteiger charge is 2.33. The third-order valence-electron chi connectivity index (χ3n) is 4.15. The minimum Gasteiger partial charge on any atom is -0.395 e. The second-order valence-corrected chi connectivity index (χ2v) is 5.63. The molecule has 0 unspecified atom stereocenters. The third kappa shape index (κ3) is 3.91. The van der Waals surface area contributed by atoms with E-state index in [-0.39, 0.29) is 6.61 Å². The van der Waals surface area contributed by atoms with Gasteiger partial charge in [0.05, 0.1) is 12.2 Å². The average molecular weight is 242 g/mol. The van der Waals surface area contributed by atoms with Crippen LogP contribution >= 0.6 is 0 Å². The highest BCUT2D eigenvalue weighted by atomic mass is 16.3. The van der Waals surface area contributed by atoms with E-state index in [4.69, 9.17) is 5.11 Å². The molecule has 2 rings (SSSR count). The molecule has 0 aromatic rings. The first-order chi connectivity index (χ1) is 8.22. The van der Waals surface area contributed by atoms with E-state index in [9.17, 15) is 5.11 Å². The maximum atomic E-state index is 10.4. The molecule has 2 fully saturated rings. The van der Waals surface area contributed by atoms with Crippen LogP contribution in [0.15, 0.2) is 0 Å². The predicted molar refractivity (Wildman–Crippen MR) is 68.0 cm³/mol. The lowest BCUT2D eigenvalue weighted by atomic mass is 10.0. The van der Waals surface area contributed by atoms with Crippen molar-refractivity contribution in [1.82, 2.24) is 9.80 Å². The number of rotatable bonds is 4. The number of hydrogen-bond donors (Lipinski definition) is 2. The van der Waals surface area contributed by atoms with Crippen molar-refractivity contribution in [2.45, 2.75) is 37.7 Å². The Labute approximate surface area is 104 Å². The number of aliphatic hydroxyl groups is 2. The van der Waals surface area contributed by atoms with Gasteiger partial charge in [-0.25, -0.2) is 0 Å². The van der Waals surface area contributed by atoms with E-state index >= 15 is 0 Å². The summed E-state index contributed by atoms with van der Waals surface area (Å²) in [5.41, 5.74) is -0.411. The number of nitrogens with zero attached hydrogens (tertiary/aromatic N) is 2. The topological polar surface area (TPSA) is 46.9 Å². The van der Waals surface area contributed by atoms with Crippen LogP contribution in [0, 0.1) is 0 Å². The SMILES string of the molecule is OCCN1CCCN(CC2(O)CCCC2)CC1. The number of aliphatic hydroxyl groups excluding tert-OH is 1. The Kier molecular flexibility index (Phi) is 4.79. The van der Waals surface area contributed by atoms with Gasteiger partial charge in [-0.05, 0) is 32.4 Å². The third-order valence-corrected chi connectivity index (χ3v) is 4.15.